The molecule has 1 aliphatic heterocycles. The van der Waals surface area contributed by atoms with Crippen LogP contribution in [0.3, 0.4) is 0 Å². The van der Waals surface area contributed by atoms with E-state index in [9.17, 15) is 18.7 Å². The van der Waals surface area contributed by atoms with Gasteiger partial charge in [0.25, 0.3) is 0 Å². The second kappa shape index (κ2) is 4.78. The van der Waals surface area contributed by atoms with Crippen LogP contribution in [0.4, 0.5) is 8.78 Å². The molecule has 0 aliphatic carbocycles. The number of halogens is 2. The van der Waals surface area contributed by atoms with Gasteiger partial charge in [-0.25, -0.2) is 13.6 Å². The van der Waals surface area contributed by atoms with Crippen molar-refractivity contribution in [1.82, 2.24) is 0 Å². The van der Waals surface area contributed by atoms with Crippen molar-refractivity contribution < 1.29 is 27.8 Å². The van der Waals surface area contributed by atoms with Gasteiger partial charge in [-0.2, -0.15) is 0 Å². The van der Waals surface area contributed by atoms with Crippen LogP contribution in [-0.2, 0) is 9.53 Å². The molecule has 0 saturated heterocycles. The van der Waals surface area contributed by atoms with E-state index in [-0.39, 0.29) is 16.9 Å². The van der Waals surface area contributed by atoms with E-state index in [0.29, 0.717) is 5.76 Å². The van der Waals surface area contributed by atoms with Gasteiger partial charge in [-0.3, -0.25) is 0 Å². The fraction of sp³-hybridized carbons (Fsp3) is 0.188. The van der Waals surface area contributed by atoms with Crippen LogP contribution in [0.25, 0.3) is 11.1 Å². The Morgan fingerprint density at radius 1 is 1.14 bits per heavy atom. The Morgan fingerprint density at radius 3 is 2.32 bits per heavy atom. The number of benzene rings is 1. The SMILES string of the molecule is Cc1ccc(C2=C(c3c(F)cccc3F)C(C)(O)OC2=O)o1. The molecular formula is C16H12F2O4. The van der Waals surface area contributed by atoms with Gasteiger partial charge in [0.2, 0.25) is 5.79 Å². The number of ether oxygens (including phenoxy) is 1. The summed E-state index contributed by atoms with van der Waals surface area (Å²) >= 11 is 0. The lowest BCUT2D eigenvalue weighted by atomic mass is 9.93. The minimum atomic E-state index is -2.16. The van der Waals surface area contributed by atoms with Crippen LogP contribution >= 0.6 is 0 Å². The fourth-order valence-electron chi connectivity index (χ4n) is 2.50. The van der Waals surface area contributed by atoms with Gasteiger partial charge in [-0.15, -0.1) is 0 Å². The van der Waals surface area contributed by atoms with Crippen molar-refractivity contribution in [2.75, 3.05) is 0 Å². The third kappa shape index (κ3) is 2.12. The summed E-state index contributed by atoms with van der Waals surface area (Å²) in [7, 11) is 0. The molecule has 0 saturated carbocycles. The van der Waals surface area contributed by atoms with Crippen molar-refractivity contribution >= 4 is 17.1 Å². The highest BCUT2D eigenvalue weighted by molar-refractivity contribution is 6.27. The van der Waals surface area contributed by atoms with Crippen molar-refractivity contribution in [3.63, 3.8) is 0 Å². The Balaban J connectivity index is 2.35. The van der Waals surface area contributed by atoms with Gasteiger partial charge >= 0.3 is 5.97 Å². The average Bonchev–Trinajstić information content (AvgIpc) is 2.91. The number of rotatable bonds is 2. The Hall–Kier alpha value is -2.47. The van der Waals surface area contributed by atoms with Gasteiger partial charge in [0.1, 0.15) is 28.7 Å². The van der Waals surface area contributed by atoms with Crippen LogP contribution in [0, 0.1) is 18.6 Å². The molecule has 1 unspecified atom stereocenters. The van der Waals surface area contributed by atoms with Gasteiger partial charge in [-0.05, 0) is 31.2 Å². The largest absolute Gasteiger partial charge is 0.461 e. The van der Waals surface area contributed by atoms with Gasteiger partial charge in [0, 0.05) is 6.92 Å². The molecule has 4 nitrogen and oxygen atoms in total. The standard InChI is InChI=1S/C16H12F2O4/c1-8-6-7-11(21-8)13-14(16(2,20)22-15(13)19)12-9(17)4-3-5-10(12)18/h3-7,20H,1-2H3. The molecule has 1 aromatic heterocycles. The number of furan rings is 1. The van der Waals surface area contributed by atoms with E-state index in [1.807, 2.05) is 0 Å². The molecule has 22 heavy (non-hydrogen) atoms. The average molecular weight is 306 g/mol. The summed E-state index contributed by atoms with van der Waals surface area (Å²) in [5.41, 5.74) is -0.994. The van der Waals surface area contributed by atoms with Crippen LogP contribution in [0.2, 0.25) is 0 Å². The molecule has 1 aromatic carbocycles. The van der Waals surface area contributed by atoms with Crippen LogP contribution < -0.4 is 0 Å². The van der Waals surface area contributed by atoms with E-state index in [0.717, 1.165) is 19.1 Å². The van der Waals surface area contributed by atoms with E-state index < -0.39 is 29.0 Å². The van der Waals surface area contributed by atoms with Crippen LogP contribution in [-0.4, -0.2) is 16.9 Å². The maximum absolute atomic E-state index is 14.1. The number of hydrogen-bond acceptors (Lipinski definition) is 4. The summed E-state index contributed by atoms with van der Waals surface area (Å²) in [6, 6.07) is 6.34. The Morgan fingerprint density at radius 2 is 1.77 bits per heavy atom. The monoisotopic (exact) mass is 306 g/mol. The summed E-state index contributed by atoms with van der Waals surface area (Å²) in [6.45, 7) is 2.81. The lowest BCUT2D eigenvalue weighted by molar-refractivity contribution is -0.169. The number of carbonyl (C=O) groups is 1. The fourth-order valence-corrected chi connectivity index (χ4v) is 2.50. The first-order chi connectivity index (χ1) is 10.3. The minimum Gasteiger partial charge on any atom is -0.461 e. The van der Waals surface area contributed by atoms with E-state index in [2.05, 4.69) is 0 Å². The molecule has 1 atom stereocenters. The molecular weight excluding hydrogens is 294 g/mol. The first-order valence-corrected chi connectivity index (χ1v) is 6.53. The normalized spacial score (nSPS) is 21.4. The van der Waals surface area contributed by atoms with E-state index in [1.165, 1.54) is 12.1 Å². The molecule has 0 fully saturated rings. The van der Waals surface area contributed by atoms with E-state index >= 15 is 0 Å². The smallest absolute Gasteiger partial charge is 0.345 e. The van der Waals surface area contributed by atoms with Gasteiger partial charge in [0.05, 0.1) is 11.1 Å². The minimum absolute atomic E-state index is 0.0814. The second-order valence-electron chi connectivity index (χ2n) is 5.13. The summed E-state index contributed by atoms with van der Waals surface area (Å²) in [6.07, 6.45) is 0. The number of aryl methyl sites for hydroxylation is 1. The third-order valence-electron chi connectivity index (χ3n) is 3.41. The highest BCUT2D eigenvalue weighted by Crippen LogP contribution is 2.44. The molecule has 6 heteroatoms. The zero-order chi connectivity index (χ0) is 16.1. The predicted octanol–water partition coefficient (Wildman–Crippen LogP) is 3.04. The van der Waals surface area contributed by atoms with Crippen LogP contribution in [0.1, 0.15) is 24.0 Å². The predicted molar refractivity (Wildman–Crippen MR) is 73.3 cm³/mol. The Labute approximate surface area is 124 Å². The molecule has 2 aromatic rings. The summed E-state index contributed by atoms with van der Waals surface area (Å²) in [5, 5.41) is 10.3. The lowest BCUT2D eigenvalue weighted by Gasteiger charge is -2.20. The number of cyclic esters (lactones) is 1. The number of carbonyl (C=O) groups excluding carboxylic acids is 1. The Bertz CT molecular complexity index is 782. The van der Waals surface area contributed by atoms with Gasteiger partial charge < -0.3 is 14.3 Å². The molecule has 2 heterocycles. The maximum Gasteiger partial charge on any atom is 0.345 e. The van der Waals surface area contributed by atoms with Crippen molar-refractivity contribution in [2.45, 2.75) is 19.6 Å². The van der Waals surface area contributed by atoms with Crippen LogP contribution in [0.5, 0.6) is 0 Å². The van der Waals surface area contributed by atoms with Gasteiger partial charge in [0.15, 0.2) is 0 Å². The van der Waals surface area contributed by atoms with Crippen LogP contribution in [0.15, 0.2) is 34.7 Å². The van der Waals surface area contributed by atoms with E-state index in [4.69, 9.17) is 9.15 Å². The van der Waals surface area contributed by atoms with Crippen molar-refractivity contribution in [3.05, 3.63) is 59.1 Å². The molecule has 0 spiro atoms. The van der Waals surface area contributed by atoms with Gasteiger partial charge in [-0.1, -0.05) is 6.07 Å². The highest BCUT2D eigenvalue weighted by Gasteiger charge is 2.46. The number of esters is 1. The summed E-state index contributed by atoms with van der Waals surface area (Å²) < 4.78 is 38.4. The Kier molecular flexibility index (Phi) is 3.14. The summed E-state index contributed by atoms with van der Waals surface area (Å²) in [4.78, 5) is 12.1. The molecule has 0 radical (unpaired) electrons. The van der Waals surface area contributed by atoms with Crippen molar-refractivity contribution in [3.8, 4) is 0 Å². The topological polar surface area (TPSA) is 59.7 Å². The quantitative estimate of drug-likeness (QED) is 0.866. The zero-order valence-electron chi connectivity index (χ0n) is 11.8. The molecule has 114 valence electrons. The van der Waals surface area contributed by atoms with Crippen molar-refractivity contribution in [2.24, 2.45) is 0 Å². The molecule has 0 bridgehead atoms. The third-order valence-corrected chi connectivity index (χ3v) is 3.41. The number of hydrogen-bond donors (Lipinski definition) is 1. The van der Waals surface area contributed by atoms with Crippen molar-refractivity contribution in [1.29, 1.82) is 0 Å². The van der Waals surface area contributed by atoms with E-state index in [1.54, 1.807) is 13.0 Å². The molecule has 1 N–H and O–H groups in total. The molecule has 0 amide bonds. The zero-order valence-corrected chi connectivity index (χ0v) is 11.8. The molecule has 3 rings (SSSR count). The summed E-state index contributed by atoms with van der Waals surface area (Å²) in [5.74, 6) is -4.29. The maximum atomic E-state index is 14.1. The second-order valence-corrected chi connectivity index (χ2v) is 5.13. The lowest BCUT2D eigenvalue weighted by Crippen LogP contribution is -2.27. The molecule has 1 aliphatic rings. The first-order valence-electron chi connectivity index (χ1n) is 6.53. The highest BCUT2D eigenvalue weighted by atomic mass is 19.1. The number of aliphatic hydroxyl groups is 1. The first kappa shape index (κ1) is 14.5.